The molecule has 2 N–H and O–H groups in total. The highest BCUT2D eigenvalue weighted by Crippen LogP contribution is 2.30. The number of nitrogens with zero attached hydrogens (tertiary/aromatic N) is 3. The summed E-state index contributed by atoms with van der Waals surface area (Å²) in [7, 11) is 0. The molecule has 0 saturated heterocycles. The van der Waals surface area contributed by atoms with Crippen molar-refractivity contribution >= 4 is 23.1 Å². The first kappa shape index (κ1) is 16.3. The number of fused-ring (bicyclic) bond motifs is 1. The van der Waals surface area contributed by atoms with Gasteiger partial charge < -0.3 is 10.6 Å². The van der Waals surface area contributed by atoms with Crippen molar-refractivity contribution in [3.63, 3.8) is 0 Å². The molecular formula is C19H19N5O2. The SMILES string of the molecule is CC(NC(=O)c1ccc(NC(=O)C2CC2)cc1)c1nnc2ccccn12. The topological polar surface area (TPSA) is 88.4 Å². The van der Waals surface area contributed by atoms with Crippen LogP contribution in [0.1, 0.15) is 42.0 Å². The molecule has 0 radical (unpaired) electrons. The standard InChI is InChI=1S/C19H19N5O2/c1-12(17-23-22-16-4-2-3-11-24(16)17)20-18(25)14-7-9-15(10-8-14)21-19(26)13-5-6-13/h2-4,7-13H,5-6H2,1H3,(H,20,25)(H,21,26). The molecule has 1 unspecified atom stereocenters. The molecule has 7 nitrogen and oxygen atoms in total. The van der Waals surface area contributed by atoms with Crippen molar-refractivity contribution in [2.24, 2.45) is 5.92 Å². The summed E-state index contributed by atoms with van der Waals surface area (Å²) in [5.74, 6) is 0.666. The van der Waals surface area contributed by atoms with E-state index in [1.54, 1.807) is 24.3 Å². The number of pyridine rings is 1. The minimum atomic E-state index is -0.297. The predicted molar refractivity (Wildman–Crippen MR) is 96.7 cm³/mol. The van der Waals surface area contributed by atoms with Gasteiger partial charge >= 0.3 is 0 Å². The van der Waals surface area contributed by atoms with Crippen LogP contribution < -0.4 is 10.6 Å². The van der Waals surface area contributed by atoms with Gasteiger partial charge in [0, 0.05) is 23.4 Å². The average molecular weight is 349 g/mol. The molecule has 132 valence electrons. The first-order valence-corrected chi connectivity index (χ1v) is 8.63. The van der Waals surface area contributed by atoms with Gasteiger partial charge in [-0.2, -0.15) is 0 Å². The van der Waals surface area contributed by atoms with Gasteiger partial charge in [0.1, 0.15) is 0 Å². The van der Waals surface area contributed by atoms with Crippen molar-refractivity contribution < 1.29 is 9.59 Å². The maximum absolute atomic E-state index is 12.5. The first-order valence-electron chi connectivity index (χ1n) is 8.63. The smallest absolute Gasteiger partial charge is 0.251 e. The Bertz CT molecular complexity index is 959. The maximum Gasteiger partial charge on any atom is 0.251 e. The van der Waals surface area contributed by atoms with Gasteiger partial charge in [0.15, 0.2) is 11.5 Å². The maximum atomic E-state index is 12.5. The normalized spacial score (nSPS) is 14.8. The molecule has 2 aromatic heterocycles. The number of aromatic nitrogens is 3. The van der Waals surface area contributed by atoms with Crippen LogP contribution in [0.2, 0.25) is 0 Å². The van der Waals surface area contributed by atoms with E-state index in [-0.39, 0.29) is 23.8 Å². The van der Waals surface area contributed by atoms with Crippen LogP contribution in [-0.4, -0.2) is 26.4 Å². The zero-order chi connectivity index (χ0) is 18.1. The molecule has 1 aliphatic rings. The molecule has 26 heavy (non-hydrogen) atoms. The number of nitrogens with one attached hydrogen (secondary N) is 2. The van der Waals surface area contributed by atoms with Gasteiger partial charge in [-0.15, -0.1) is 10.2 Å². The number of rotatable bonds is 5. The monoisotopic (exact) mass is 349 g/mol. The number of hydrogen-bond donors (Lipinski definition) is 2. The summed E-state index contributed by atoms with van der Waals surface area (Å²) in [6.07, 6.45) is 3.79. The zero-order valence-corrected chi connectivity index (χ0v) is 14.3. The molecular weight excluding hydrogens is 330 g/mol. The highest BCUT2D eigenvalue weighted by Gasteiger charge is 2.29. The quantitative estimate of drug-likeness (QED) is 0.741. The lowest BCUT2D eigenvalue weighted by Crippen LogP contribution is -2.28. The van der Waals surface area contributed by atoms with Crippen molar-refractivity contribution in [2.45, 2.75) is 25.8 Å². The molecule has 2 heterocycles. The Hall–Kier alpha value is -3.22. The summed E-state index contributed by atoms with van der Waals surface area (Å²) in [6, 6.07) is 12.2. The van der Waals surface area contributed by atoms with Crippen molar-refractivity contribution in [1.82, 2.24) is 19.9 Å². The van der Waals surface area contributed by atoms with Gasteiger partial charge in [0.25, 0.3) is 5.91 Å². The number of hydrogen-bond acceptors (Lipinski definition) is 4. The van der Waals surface area contributed by atoms with Gasteiger partial charge in [-0.25, -0.2) is 0 Å². The van der Waals surface area contributed by atoms with E-state index in [1.807, 2.05) is 35.7 Å². The van der Waals surface area contributed by atoms with Crippen LogP contribution in [0.3, 0.4) is 0 Å². The minimum absolute atomic E-state index is 0.0505. The van der Waals surface area contributed by atoms with Gasteiger partial charge in [0.2, 0.25) is 5.91 Å². The fraction of sp³-hybridized carbons (Fsp3) is 0.263. The first-order chi connectivity index (χ1) is 12.6. The van der Waals surface area contributed by atoms with Crippen molar-refractivity contribution in [1.29, 1.82) is 0 Å². The highest BCUT2D eigenvalue weighted by molar-refractivity contribution is 5.96. The van der Waals surface area contributed by atoms with E-state index < -0.39 is 0 Å². The Morgan fingerprint density at radius 1 is 1.12 bits per heavy atom. The Morgan fingerprint density at radius 3 is 2.62 bits per heavy atom. The summed E-state index contributed by atoms with van der Waals surface area (Å²) in [5, 5.41) is 14.1. The van der Waals surface area contributed by atoms with Crippen LogP contribution >= 0.6 is 0 Å². The van der Waals surface area contributed by atoms with Crippen LogP contribution in [0.25, 0.3) is 5.65 Å². The van der Waals surface area contributed by atoms with E-state index in [9.17, 15) is 9.59 Å². The van der Waals surface area contributed by atoms with E-state index in [1.165, 1.54) is 0 Å². The molecule has 1 atom stereocenters. The van der Waals surface area contributed by atoms with E-state index in [2.05, 4.69) is 20.8 Å². The lowest BCUT2D eigenvalue weighted by molar-refractivity contribution is -0.117. The van der Waals surface area contributed by atoms with E-state index in [0.717, 1.165) is 18.5 Å². The average Bonchev–Trinajstić information content (AvgIpc) is 3.41. The predicted octanol–water partition coefficient (Wildman–Crippen LogP) is 2.57. The van der Waals surface area contributed by atoms with Crippen LogP contribution in [0.15, 0.2) is 48.7 Å². The van der Waals surface area contributed by atoms with Gasteiger partial charge in [-0.05, 0) is 56.2 Å². The summed E-state index contributed by atoms with van der Waals surface area (Å²) in [6.45, 7) is 1.87. The summed E-state index contributed by atoms with van der Waals surface area (Å²) in [4.78, 5) is 24.3. The highest BCUT2D eigenvalue weighted by atomic mass is 16.2. The number of anilines is 1. The van der Waals surface area contributed by atoms with Crippen LogP contribution in [0, 0.1) is 5.92 Å². The number of benzene rings is 1. The van der Waals surface area contributed by atoms with Crippen LogP contribution in [0.5, 0.6) is 0 Å². The number of amides is 2. The second-order valence-corrected chi connectivity index (χ2v) is 6.52. The Kier molecular flexibility index (Phi) is 4.12. The largest absolute Gasteiger partial charge is 0.342 e. The molecule has 4 rings (SSSR count). The molecule has 1 aliphatic carbocycles. The van der Waals surface area contributed by atoms with Crippen molar-refractivity contribution in [3.8, 4) is 0 Å². The van der Waals surface area contributed by atoms with Crippen LogP contribution in [-0.2, 0) is 4.79 Å². The minimum Gasteiger partial charge on any atom is -0.342 e. The second kappa shape index (κ2) is 6.59. The molecule has 0 spiro atoms. The van der Waals surface area contributed by atoms with Gasteiger partial charge in [0.05, 0.1) is 6.04 Å². The number of carbonyl (C=O) groups excluding carboxylic acids is 2. The Balaban J connectivity index is 1.43. The Morgan fingerprint density at radius 2 is 1.88 bits per heavy atom. The molecule has 7 heteroatoms. The van der Waals surface area contributed by atoms with Gasteiger partial charge in [-0.1, -0.05) is 6.07 Å². The van der Waals surface area contributed by atoms with Crippen LogP contribution in [0.4, 0.5) is 5.69 Å². The van der Waals surface area contributed by atoms with Gasteiger partial charge in [-0.3, -0.25) is 14.0 Å². The molecule has 3 aromatic rings. The third-order valence-corrected chi connectivity index (χ3v) is 4.44. The molecule has 1 aromatic carbocycles. The zero-order valence-electron chi connectivity index (χ0n) is 14.3. The third kappa shape index (κ3) is 3.28. The fourth-order valence-corrected chi connectivity index (χ4v) is 2.79. The summed E-state index contributed by atoms with van der Waals surface area (Å²) < 4.78 is 1.85. The lowest BCUT2D eigenvalue weighted by Gasteiger charge is -2.13. The second-order valence-electron chi connectivity index (χ2n) is 6.52. The summed E-state index contributed by atoms with van der Waals surface area (Å²) >= 11 is 0. The van der Waals surface area contributed by atoms with Crippen molar-refractivity contribution in [3.05, 3.63) is 60.0 Å². The molecule has 1 saturated carbocycles. The fourth-order valence-electron chi connectivity index (χ4n) is 2.79. The molecule has 2 amide bonds. The Labute approximate surface area is 150 Å². The lowest BCUT2D eigenvalue weighted by atomic mass is 10.1. The van der Waals surface area contributed by atoms with Crippen molar-refractivity contribution in [2.75, 3.05) is 5.32 Å². The molecule has 0 bridgehead atoms. The molecule has 1 fully saturated rings. The van der Waals surface area contributed by atoms with E-state index in [0.29, 0.717) is 17.1 Å². The molecule has 0 aliphatic heterocycles. The van der Waals surface area contributed by atoms with E-state index in [4.69, 9.17) is 0 Å². The summed E-state index contributed by atoms with van der Waals surface area (Å²) in [5.41, 5.74) is 1.96. The number of carbonyl (C=O) groups is 2. The third-order valence-electron chi connectivity index (χ3n) is 4.44. The van der Waals surface area contributed by atoms with E-state index >= 15 is 0 Å².